The summed E-state index contributed by atoms with van der Waals surface area (Å²) in [5.74, 6) is 0.655. The molecule has 134 valence electrons. The van der Waals surface area contributed by atoms with Crippen LogP contribution < -0.4 is 10.2 Å². The molecule has 1 aliphatic rings. The Labute approximate surface area is 143 Å². The van der Waals surface area contributed by atoms with Crippen LogP contribution in [0.4, 0.5) is 5.95 Å². The Morgan fingerprint density at radius 2 is 2.00 bits per heavy atom. The maximum absolute atomic E-state index is 12.0. The zero-order chi connectivity index (χ0) is 17.6. The first-order valence-electron chi connectivity index (χ1n) is 8.54. The van der Waals surface area contributed by atoms with Crippen molar-refractivity contribution in [2.75, 3.05) is 29.5 Å². The number of aromatic nitrogens is 2. The second-order valence-corrected chi connectivity index (χ2v) is 8.31. The van der Waals surface area contributed by atoms with E-state index >= 15 is 0 Å². The van der Waals surface area contributed by atoms with Gasteiger partial charge in [0.05, 0.1) is 17.1 Å². The van der Waals surface area contributed by atoms with Gasteiger partial charge in [-0.1, -0.05) is 19.8 Å². The molecule has 1 fully saturated rings. The van der Waals surface area contributed by atoms with E-state index in [1.807, 2.05) is 11.8 Å². The number of anilines is 1. The minimum absolute atomic E-state index is 0.0891. The third kappa shape index (κ3) is 4.90. The van der Waals surface area contributed by atoms with E-state index in [4.69, 9.17) is 0 Å². The summed E-state index contributed by atoms with van der Waals surface area (Å²) in [6, 6.07) is -0.0891. The average molecular weight is 354 g/mol. The summed E-state index contributed by atoms with van der Waals surface area (Å²) in [7, 11) is -2.96. The molecule has 0 aliphatic carbocycles. The Morgan fingerprint density at radius 3 is 2.54 bits per heavy atom. The lowest BCUT2D eigenvalue weighted by atomic mass is 10.2. The predicted molar refractivity (Wildman–Crippen MR) is 94.0 cm³/mol. The van der Waals surface area contributed by atoms with Crippen molar-refractivity contribution >= 4 is 21.7 Å². The maximum Gasteiger partial charge on any atom is 0.254 e. The van der Waals surface area contributed by atoms with E-state index in [0.29, 0.717) is 31.0 Å². The van der Waals surface area contributed by atoms with Gasteiger partial charge in [-0.05, 0) is 19.8 Å². The van der Waals surface area contributed by atoms with Gasteiger partial charge in [0.2, 0.25) is 5.95 Å². The first kappa shape index (κ1) is 18.6. The molecule has 8 heteroatoms. The molecule has 1 aliphatic heterocycles. The molecule has 1 amide bonds. The third-order valence-corrected chi connectivity index (χ3v) is 5.96. The number of nitrogens with one attached hydrogen (secondary N) is 1. The van der Waals surface area contributed by atoms with Gasteiger partial charge in [0.15, 0.2) is 9.84 Å². The van der Waals surface area contributed by atoms with E-state index < -0.39 is 9.84 Å². The molecule has 1 atom stereocenters. The van der Waals surface area contributed by atoms with Gasteiger partial charge in [0, 0.05) is 31.5 Å². The van der Waals surface area contributed by atoms with Gasteiger partial charge in [-0.3, -0.25) is 4.79 Å². The van der Waals surface area contributed by atoms with Crippen LogP contribution in [-0.4, -0.2) is 54.9 Å². The fourth-order valence-corrected chi connectivity index (χ4v) is 4.58. The predicted octanol–water partition coefficient (Wildman–Crippen LogP) is 1.41. The van der Waals surface area contributed by atoms with Crippen molar-refractivity contribution in [3.63, 3.8) is 0 Å². The average Bonchev–Trinajstić information content (AvgIpc) is 2.92. The second-order valence-electron chi connectivity index (χ2n) is 6.08. The van der Waals surface area contributed by atoms with Crippen molar-refractivity contribution in [3.8, 4) is 0 Å². The highest BCUT2D eigenvalue weighted by molar-refractivity contribution is 7.91. The number of carbonyl (C=O) groups is 1. The molecular weight excluding hydrogens is 328 g/mol. The van der Waals surface area contributed by atoms with Crippen LogP contribution in [0.1, 0.15) is 49.9 Å². The first-order valence-corrected chi connectivity index (χ1v) is 10.4. The Bertz CT molecular complexity index is 646. The number of rotatable bonds is 8. The van der Waals surface area contributed by atoms with Crippen LogP contribution in [0.2, 0.25) is 0 Å². The van der Waals surface area contributed by atoms with Gasteiger partial charge in [0.1, 0.15) is 0 Å². The molecule has 7 nitrogen and oxygen atoms in total. The molecule has 1 aromatic rings. The SMILES string of the molecule is CCCCCNC(=O)c1cnc(N(CC)C2CCS(=O)(=O)C2)nc1. The van der Waals surface area contributed by atoms with Crippen LogP contribution in [0.3, 0.4) is 0 Å². The van der Waals surface area contributed by atoms with Crippen LogP contribution >= 0.6 is 0 Å². The van der Waals surface area contributed by atoms with Gasteiger partial charge in [-0.15, -0.1) is 0 Å². The number of nitrogens with zero attached hydrogens (tertiary/aromatic N) is 3. The molecule has 2 rings (SSSR count). The van der Waals surface area contributed by atoms with E-state index in [2.05, 4.69) is 22.2 Å². The highest BCUT2D eigenvalue weighted by Crippen LogP contribution is 2.21. The molecule has 0 radical (unpaired) electrons. The number of hydrogen-bond acceptors (Lipinski definition) is 6. The molecule has 1 unspecified atom stereocenters. The first-order chi connectivity index (χ1) is 11.5. The molecule has 0 aromatic carbocycles. The largest absolute Gasteiger partial charge is 0.352 e. The Balaban J connectivity index is 1.98. The van der Waals surface area contributed by atoms with Gasteiger partial charge in [-0.25, -0.2) is 18.4 Å². The van der Waals surface area contributed by atoms with Crippen molar-refractivity contribution in [2.24, 2.45) is 0 Å². The van der Waals surface area contributed by atoms with Crippen LogP contribution in [0.5, 0.6) is 0 Å². The fourth-order valence-electron chi connectivity index (χ4n) is 2.85. The van der Waals surface area contributed by atoms with E-state index in [1.54, 1.807) is 0 Å². The van der Waals surface area contributed by atoms with E-state index in [-0.39, 0.29) is 23.5 Å². The molecule has 0 bridgehead atoms. The van der Waals surface area contributed by atoms with Gasteiger partial charge < -0.3 is 10.2 Å². The van der Waals surface area contributed by atoms with Crippen molar-refractivity contribution < 1.29 is 13.2 Å². The maximum atomic E-state index is 12.0. The standard InChI is InChI=1S/C16H26N4O3S/c1-3-5-6-8-17-15(21)13-10-18-16(19-11-13)20(4-2)14-7-9-24(22,23)12-14/h10-11,14H,3-9,12H2,1-2H3,(H,17,21). The number of hydrogen-bond donors (Lipinski definition) is 1. The zero-order valence-corrected chi connectivity index (χ0v) is 15.2. The van der Waals surface area contributed by atoms with Crippen molar-refractivity contribution in [1.82, 2.24) is 15.3 Å². The van der Waals surface area contributed by atoms with Crippen LogP contribution in [-0.2, 0) is 9.84 Å². The lowest BCUT2D eigenvalue weighted by molar-refractivity contribution is 0.0952. The second kappa shape index (κ2) is 8.41. The number of sulfone groups is 1. The van der Waals surface area contributed by atoms with Crippen molar-refractivity contribution in [2.45, 2.75) is 45.6 Å². The summed E-state index contributed by atoms with van der Waals surface area (Å²) in [6.45, 7) is 5.34. The Morgan fingerprint density at radius 1 is 1.29 bits per heavy atom. The highest BCUT2D eigenvalue weighted by Gasteiger charge is 2.32. The summed E-state index contributed by atoms with van der Waals surface area (Å²) in [5, 5.41) is 2.85. The topological polar surface area (TPSA) is 92.3 Å². The zero-order valence-electron chi connectivity index (χ0n) is 14.4. The van der Waals surface area contributed by atoms with Crippen molar-refractivity contribution in [1.29, 1.82) is 0 Å². The van der Waals surface area contributed by atoms with Gasteiger partial charge in [0.25, 0.3) is 5.91 Å². The van der Waals surface area contributed by atoms with E-state index in [1.165, 1.54) is 12.4 Å². The monoisotopic (exact) mass is 354 g/mol. The molecule has 1 saturated heterocycles. The van der Waals surface area contributed by atoms with Gasteiger partial charge >= 0.3 is 0 Å². The number of unbranched alkanes of at least 4 members (excludes halogenated alkanes) is 2. The summed E-state index contributed by atoms with van der Waals surface area (Å²) >= 11 is 0. The summed E-state index contributed by atoms with van der Waals surface area (Å²) < 4.78 is 23.3. The molecule has 1 N–H and O–H groups in total. The Hall–Kier alpha value is -1.70. The lowest BCUT2D eigenvalue weighted by Crippen LogP contribution is -2.37. The van der Waals surface area contributed by atoms with Crippen LogP contribution in [0, 0.1) is 0 Å². The number of carbonyl (C=O) groups excluding carboxylic acids is 1. The molecule has 1 aromatic heterocycles. The smallest absolute Gasteiger partial charge is 0.254 e. The summed E-state index contributed by atoms with van der Waals surface area (Å²) in [6.07, 6.45) is 6.76. The van der Waals surface area contributed by atoms with Crippen molar-refractivity contribution in [3.05, 3.63) is 18.0 Å². The summed E-state index contributed by atoms with van der Waals surface area (Å²) in [5.41, 5.74) is 0.422. The normalized spacial score (nSPS) is 19.2. The van der Waals surface area contributed by atoms with Crippen LogP contribution in [0.15, 0.2) is 12.4 Å². The van der Waals surface area contributed by atoms with E-state index in [0.717, 1.165) is 19.3 Å². The molecular formula is C16H26N4O3S. The molecule has 24 heavy (non-hydrogen) atoms. The van der Waals surface area contributed by atoms with E-state index in [9.17, 15) is 13.2 Å². The summed E-state index contributed by atoms with van der Waals surface area (Å²) in [4.78, 5) is 22.4. The minimum Gasteiger partial charge on any atom is -0.352 e. The van der Waals surface area contributed by atoms with Crippen LogP contribution in [0.25, 0.3) is 0 Å². The highest BCUT2D eigenvalue weighted by atomic mass is 32.2. The number of amides is 1. The van der Waals surface area contributed by atoms with Gasteiger partial charge in [-0.2, -0.15) is 0 Å². The lowest BCUT2D eigenvalue weighted by Gasteiger charge is -2.26. The minimum atomic E-state index is -2.96. The quantitative estimate of drug-likeness (QED) is 0.710. The Kier molecular flexibility index (Phi) is 6.53. The third-order valence-electron chi connectivity index (χ3n) is 4.21. The molecule has 0 spiro atoms. The molecule has 0 saturated carbocycles. The molecule has 2 heterocycles. The fraction of sp³-hybridized carbons (Fsp3) is 0.688.